The van der Waals surface area contributed by atoms with Crippen molar-refractivity contribution in [2.24, 2.45) is 0 Å². The SMILES string of the molecule is Cc1cccc(N2CCN(C(=O)c3cnc(NC(C)(C)C)nc3)CC2)c1. The van der Waals surface area contributed by atoms with Crippen LogP contribution < -0.4 is 10.2 Å². The molecule has 0 atom stereocenters. The number of carbonyl (C=O) groups excluding carboxylic acids is 1. The van der Waals surface area contributed by atoms with Gasteiger partial charge in [0.05, 0.1) is 5.56 Å². The van der Waals surface area contributed by atoms with Gasteiger partial charge in [-0.05, 0) is 45.4 Å². The zero-order valence-corrected chi connectivity index (χ0v) is 16.0. The van der Waals surface area contributed by atoms with Gasteiger partial charge in [-0.25, -0.2) is 9.97 Å². The Labute approximate surface area is 155 Å². The molecule has 0 spiro atoms. The first-order valence-corrected chi connectivity index (χ1v) is 9.03. The largest absolute Gasteiger partial charge is 0.368 e. The minimum atomic E-state index is -0.113. The van der Waals surface area contributed by atoms with Gasteiger partial charge in [0.15, 0.2) is 0 Å². The van der Waals surface area contributed by atoms with Gasteiger partial charge in [0, 0.05) is 49.8 Å². The molecule has 1 fully saturated rings. The molecule has 1 aromatic heterocycles. The maximum atomic E-state index is 12.7. The summed E-state index contributed by atoms with van der Waals surface area (Å²) in [5, 5.41) is 3.20. The van der Waals surface area contributed by atoms with Gasteiger partial charge in [-0.2, -0.15) is 0 Å². The highest BCUT2D eigenvalue weighted by molar-refractivity contribution is 5.93. The Morgan fingerprint density at radius 3 is 2.31 bits per heavy atom. The van der Waals surface area contributed by atoms with E-state index in [1.807, 2.05) is 25.7 Å². The van der Waals surface area contributed by atoms with Crippen molar-refractivity contribution in [3.8, 4) is 0 Å². The van der Waals surface area contributed by atoms with Crippen molar-refractivity contribution >= 4 is 17.5 Å². The first kappa shape index (κ1) is 18.2. The molecule has 138 valence electrons. The second-order valence-corrected chi connectivity index (χ2v) is 7.79. The Balaban J connectivity index is 1.60. The highest BCUT2D eigenvalue weighted by Crippen LogP contribution is 2.18. The van der Waals surface area contributed by atoms with Gasteiger partial charge in [0.25, 0.3) is 5.91 Å². The van der Waals surface area contributed by atoms with Gasteiger partial charge >= 0.3 is 0 Å². The van der Waals surface area contributed by atoms with Crippen LogP contribution in [0.25, 0.3) is 0 Å². The lowest BCUT2D eigenvalue weighted by atomic mass is 10.1. The van der Waals surface area contributed by atoms with Crippen LogP contribution in [-0.2, 0) is 0 Å². The molecule has 1 aliphatic heterocycles. The maximum absolute atomic E-state index is 12.7. The topological polar surface area (TPSA) is 61.4 Å². The number of carbonyl (C=O) groups is 1. The number of amides is 1. The van der Waals surface area contributed by atoms with Gasteiger partial charge in [-0.3, -0.25) is 4.79 Å². The molecule has 1 saturated heterocycles. The number of rotatable bonds is 3. The van der Waals surface area contributed by atoms with Gasteiger partial charge < -0.3 is 15.1 Å². The molecule has 0 saturated carbocycles. The number of anilines is 2. The number of aromatic nitrogens is 2. The van der Waals surface area contributed by atoms with Crippen molar-refractivity contribution in [3.05, 3.63) is 47.8 Å². The third-order valence-corrected chi connectivity index (χ3v) is 4.32. The molecule has 6 heteroatoms. The van der Waals surface area contributed by atoms with Crippen molar-refractivity contribution in [3.63, 3.8) is 0 Å². The minimum absolute atomic E-state index is 0.00352. The highest BCUT2D eigenvalue weighted by Gasteiger charge is 2.23. The summed E-state index contributed by atoms with van der Waals surface area (Å²) >= 11 is 0. The van der Waals surface area contributed by atoms with Crippen molar-refractivity contribution in [1.29, 1.82) is 0 Å². The van der Waals surface area contributed by atoms with E-state index in [1.165, 1.54) is 11.3 Å². The van der Waals surface area contributed by atoms with E-state index >= 15 is 0 Å². The summed E-state index contributed by atoms with van der Waals surface area (Å²) < 4.78 is 0. The quantitative estimate of drug-likeness (QED) is 0.919. The summed E-state index contributed by atoms with van der Waals surface area (Å²) in [7, 11) is 0. The van der Waals surface area contributed by atoms with Crippen LogP contribution in [0.15, 0.2) is 36.7 Å². The highest BCUT2D eigenvalue weighted by atomic mass is 16.2. The molecule has 1 aromatic carbocycles. The normalized spacial score (nSPS) is 15.1. The number of benzene rings is 1. The third kappa shape index (κ3) is 4.50. The predicted molar refractivity (Wildman–Crippen MR) is 105 cm³/mol. The fourth-order valence-electron chi connectivity index (χ4n) is 3.01. The molecule has 1 N–H and O–H groups in total. The second-order valence-electron chi connectivity index (χ2n) is 7.79. The first-order chi connectivity index (χ1) is 12.3. The number of hydrogen-bond acceptors (Lipinski definition) is 5. The average Bonchev–Trinajstić information content (AvgIpc) is 2.61. The van der Waals surface area contributed by atoms with Crippen LogP contribution in [0.3, 0.4) is 0 Å². The zero-order valence-electron chi connectivity index (χ0n) is 16.0. The minimum Gasteiger partial charge on any atom is -0.368 e. The summed E-state index contributed by atoms with van der Waals surface area (Å²) in [6.45, 7) is 11.3. The van der Waals surface area contributed by atoms with E-state index in [1.54, 1.807) is 12.4 Å². The molecule has 3 rings (SSSR count). The lowest BCUT2D eigenvalue weighted by Crippen LogP contribution is -2.48. The van der Waals surface area contributed by atoms with Gasteiger partial charge in [0.2, 0.25) is 5.95 Å². The lowest BCUT2D eigenvalue weighted by Gasteiger charge is -2.36. The molecule has 2 heterocycles. The Hall–Kier alpha value is -2.63. The number of nitrogens with one attached hydrogen (secondary N) is 1. The van der Waals surface area contributed by atoms with Gasteiger partial charge in [-0.15, -0.1) is 0 Å². The van der Waals surface area contributed by atoms with Gasteiger partial charge in [-0.1, -0.05) is 12.1 Å². The molecule has 0 unspecified atom stereocenters. The Kier molecular flexibility index (Phi) is 5.11. The number of nitrogens with zero attached hydrogens (tertiary/aromatic N) is 4. The van der Waals surface area contributed by atoms with E-state index in [0.717, 1.165) is 13.1 Å². The average molecular weight is 353 g/mol. The fraction of sp³-hybridized carbons (Fsp3) is 0.450. The van der Waals surface area contributed by atoms with Crippen LogP contribution in [-0.4, -0.2) is 52.5 Å². The van der Waals surface area contributed by atoms with Crippen molar-refractivity contribution < 1.29 is 4.79 Å². The molecule has 2 aromatic rings. The summed E-state index contributed by atoms with van der Waals surface area (Å²) in [6.07, 6.45) is 3.21. The summed E-state index contributed by atoms with van der Waals surface area (Å²) in [6, 6.07) is 8.49. The van der Waals surface area contributed by atoms with Crippen LogP contribution >= 0.6 is 0 Å². The van der Waals surface area contributed by atoms with E-state index < -0.39 is 0 Å². The third-order valence-electron chi connectivity index (χ3n) is 4.32. The molecule has 0 bridgehead atoms. The van der Waals surface area contributed by atoms with Crippen LogP contribution in [0.1, 0.15) is 36.7 Å². The summed E-state index contributed by atoms with van der Waals surface area (Å²) in [5.74, 6) is 0.537. The first-order valence-electron chi connectivity index (χ1n) is 9.03. The molecule has 0 aliphatic carbocycles. The van der Waals surface area contributed by atoms with Crippen LogP contribution in [0.5, 0.6) is 0 Å². The molecule has 26 heavy (non-hydrogen) atoms. The fourth-order valence-corrected chi connectivity index (χ4v) is 3.01. The molecule has 1 aliphatic rings. The van der Waals surface area contributed by atoms with Crippen molar-refractivity contribution in [2.45, 2.75) is 33.2 Å². The smallest absolute Gasteiger partial charge is 0.257 e. The van der Waals surface area contributed by atoms with E-state index in [-0.39, 0.29) is 11.4 Å². The van der Waals surface area contributed by atoms with Crippen molar-refractivity contribution in [2.75, 3.05) is 36.4 Å². The molecular weight excluding hydrogens is 326 g/mol. The number of hydrogen-bond donors (Lipinski definition) is 1. The van der Waals surface area contributed by atoms with E-state index in [0.29, 0.717) is 24.6 Å². The molecular formula is C20H27N5O. The van der Waals surface area contributed by atoms with Crippen LogP contribution in [0.2, 0.25) is 0 Å². The van der Waals surface area contributed by atoms with Crippen LogP contribution in [0, 0.1) is 6.92 Å². The maximum Gasteiger partial charge on any atom is 0.257 e. The van der Waals surface area contributed by atoms with Crippen LogP contribution in [0.4, 0.5) is 11.6 Å². The Morgan fingerprint density at radius 1 is 1.08 bits per heavy atom. The number of piperazine rings is 1. The standard InChI is InChI=1S/C20H27N5O/c1-15-6-5-7-17(12-15)24-8-10-25(11-9-24)18(26)16-13-21-19(22-14-16)23-20(2,3)4/h5-7,12-14H,8-11H2,1-4H3,(H,21,22,23). The molecule has 1 amide bonds. The number of aryl methyl sites for hydroxylation is 1. The summed E-state index contributed by atoms with van der Waals surface area (Å²) in [4.78, 5) is 25.4. The van der Waals surface area contributed by atoms with E-state index in [9.17, 15) is 4.79 Å². The molecule has 0 radical (unpaired) electrons. The van der Waals surface area contributed by atoms with E-state index in [2.05, 4.69) is 51.4 Å². The monoisotopic (exact) mass is 353 g/mol. The van der Waals surface area contributed by atoms with Crippen molar-refractivity contribution in [1.82, 2.24) is 14.9 Å². The Bertz CT molecular complexity index is 759. The summed E-state index contributed by atoms with van der Waals surface area (Å²) in [5.41, 5.74) is 2.89. The lowest BCUT2D eigenvalue weighted by molar-refractivity contribution is 0.0746. The molecule has 6 nitrogen and oxygen atoms in total. The predicted octanol–water partition coefficient (Wildman–Crippen LogP) is 2.96. The Morgan fingerprint density at radius 2 is 1.73 bits per heavy atom. The van der Waals surface area contributed by atoms with Gasteiger partial charge in [0.1, 0.15) is 0 Å². The zero-order chi connectivity index (χ0) is 18.7. The van der Waals surface area contributed by atoms with E-state index in [4.69, 9.17) is 0 Å². The second kappa shape index (κ2) is 7.32.